The molecule has 5 nitrogen and oxygen atoms in total. The van der Waals surface area contributed by atoms with Gasteiger partial charge in [-0.2, -0.15) is 0 Å². The van der Waals surface area contributed by atoms with Crippen molar-refractivity contribution in [2.24, 2.45) is 16.8 Å². The fourth-order valence-electron chi connectivity index (χ4n) is 2.76. The third kappa shape index (κ3) is 6.97. The minimum absolute atomic E-state index is 0.566. The lowest BCUT2D eigenvalue weighted by atomic mass is 10.0. The summed E-state index contributed by atoms with van der Waals surface area (Å²) in [6.45, 7) is 18.6. The van der Waals surface area contributed by atoms with Crippen molar-refractivity contribution in [3.05, 3.63) is 0 Å². The standard InChI is InChI=1S/C17H37N5/c1-7-18-17(19-12-14(2)3)20-13-16(15(4)5)22-10-8-21(6)9-11-22/h14-16H,7-13H2,1-6H3,(H2,18,19,20). The molecule has 0 bridgehead atoms. The highest BCUT2D eigenvalue weighted by atomic mass is 15.3. The Kier molecular flexibility index (Phi) is 8.79. The van der Waals surface area contributed by atoms with E-state index in [0.717, 1.165) is 25.6 Å². The van der Waals surface area contributed by atoms with Gasteiger partial charge in [0, 0.05) is 51.9 Å². The SMILES string of the molecule is CCNC(=NCC(C)C)NCC(C(C)C)N1CCN(C)CC1. The molecule has 0 radical (unpaired) electrons. The quantitative estimate of drug-likeness (QED) is 0.552. The molecule has 0 aliphatic carbocycles. The van der Waals surface area contributed by atoms with E-state index in [9.17, 15) is 0 Å². The predicted octanol–water partition coefficient (Wildman–Crippen LogP) is 1.47. The van der Waals surface area contributed by atoms with Crippen LogP contribution in [0.2, 0.25) is 0 Å². The summed E-state index contributed by atoms with van der Waals surface area (Å²) in [5.74, 6) is 2.19. The van der Waals surface area contributed by atoms with Gasteiger partial charge in [-0.05, 0) is 25.8 Å². The van der Waals surface area contributed by atoms with Gasteiger partial charge in [-0.3, -0.25) is 9.89 Å². The van der Waals surface area contributed by atoms with E-state index in [1.165, 1.54) is 26.2 Å². The Labute approximate surface area is 137 Å². The monoisotopic (exact) mass is 311 g/mol. The molecule has 2 N–H and O–H groups in total. The smallest absolute Gasteiger partial charge is 0.191 e. The van der Waals surface area contributed by atoms with Crippen LogP contribution in [0.15, 0.2) is 4.99 Å². The molecule has 5 heteroatoms. The van der Waals surface area contributed by atoms with Crippen LogP contribution in [0.4, 0.5) is 0 Å². The summed E-state index contributed by atoms with van der Waals surface area (Å²) in [5, 5.41) is 6.90. The molecule has 1 fully saturated rings. The van der Waals surface area contributed by atoms with Gasteiger partial charge in [0.15, 0.2) is 5.96 Å². The second kappa shape index (κ2) is 10.1. The molecule has 0 amide bonds. The van der Waals surface area contributed by atoms with E-state index < -0.39 is 0 Å². The molecular formula is C17H37N5. The summed E-state index contributed by atoms with van der Waals surface area (Å²) in [6.07, 6.45) is 0. The fourth-order valence-corrected chi connectivity index (χ4v) is 2.76. The first kappa shape index (κ1) is 19.2. The molecule has 0 spiro atoms. The van der Waals surface area contributed by atoms with Crippen molar-refractivity contribution in [3.8, 4) is 0 Å². The molecule has 0 aromatic carbocycles. The maximum atomic E-state index is 4.67. The van der Waals surface area contributed by atoms with Crippen LogP contribution in [0.1, 0.15) is 34.6 Å². The molecule has 1 unspecified atom stereocenters. The second-order valence-corrected chi connectivity index (χ2v) is 7.14. The number of piperazine rings is 1. The molecule has 0 saturated carbocycles. The summed E-state index contributed by atoms with van der Waals surface area (Å²) < 4.78 is 0. The van der Waals surface area contributed by atoms with Crippen molar-refractivity contribution in [2.45, 2.75) is 40.7 Å². The van der Waals surface area contributed by atoms with Crippen LogP contribution in [0.25, 0.3) is 0 Å². The lowest BCUT2D eigenvalue weighted by molar-refractivity contribution is 0.0900. The largest absolute Gasteiger partial charge is 0.357 e. The summed E-state index contributed by atoms with van der Waals surface area (Å²) in [6, 6.07) is 0.566. The zero-order valence-corrected chi connectivity index (χ0v) is 15.5. The molecule has 1 saturated heterocycles. The van der Waals surface area contributed by atoms with Crippen LogP contribution in [0, 0.1) is 11.8 Å². The zero-order chi connectivity index (χ0) is 16.5. The van der Waals surface area contributed by atoms with E-state index in [4.69, 9.17) is 0 Å². The van der Waals surface area contributed by atoms with E-state index in [1.54, 1.807) is 0 Å². The molecule has 130 valence electrons. The first-order valence-corrected chi connectivity index (χ1v) is 8.88. The topological polar surface area (TPSA) is 42.9 Å². The van der Waals surface area contributed by atoms with Gasteiger partial charge < -0.3 is 15.5 Å². The van der Waals surface area contributed by atoms with Crippen LogP contribution < -0.4 is 10.6 Å². The van der Waals surface area contributed by atoms with Crippen molar-refractivity contribution in [1.82, 2.24) is 20.4 Å². The van der Waals surface area contributed by atoms with E-state index in [2.05, 4.69) is 67.1 Å². The van der Waals surface area contributed by atoms with Gasteiger partial charge in [0.2, 0.25) is 0 Å². The number of aliphatic imine (C=N–C) groups is 1. The first-order valence-electron chi connectivity index (χ1n) is 8.88. The number of guanidine groups is 1. The number of hydrogen-bond donors (Lipinski definition) is 2. The molecule has 0 aromatic heterocycles. The Hall–Kier alpha value is -0.810. The fraction of sp³-hybridized carbons (Fsp3) is 0.941. The highest BCUT2D eigenvalue weighted by Crippen LogP contribution is 2.12. The van der Waals surface area contributed by atoms with E-state index >= 15 is 0 Å². The van der Waals surface area contributed by atoms with Crippen LogP contribution in [-0.4, -0.2) is 74.7 Å². The van der Waals surface area contributed by atoms with Crippen molar-refractivity contribution >= 4 is 5.96 Å². The maximum absolute atomic E-state index is 4.67. The van der Waals surface area contributed by atoms with Crippen LogP contribution in [0.3, 0.4) is 0 Å². The second-order valence-electron chi connectivity index (χ2n) is 7.14. The van der Waals surface area contributed by atoms with Gasteiger partial charge in [0.05, 0.1) is 0 Å². The van der Waals surface area contributed by atoms with Crippen LogP contribution >= 0.6 is 0 Å². The van der Waals surface area contributed by atoms with Crippen molar-refractivity contribution in [1.29, 1.82) is 0 Å². The molecule has 1 atom stereocenters. The number of hydrogen-bond acceptors (Lipinski definition) is 3. The molecular weight excluding hydrogens is 274 g/mol. The van der Waals surface area contributed by atoms with E-state index in [1.807, 2.05) is 0 Å². The minimum Gasteiger partial charge on any atom is -0.357 e. The Morgan fingerprint density at radius 3 is 2.18 bits per heavy atom. The summed E-state index contributed by atoms with van der Waals surface area (Å²) in [5.41, 5.74) is 0. The molecule has 0 aromatic rings. The maximum Gasteiger partial charge on any atom is 0.191 e. The Balaban J connectivity index is 2.56. The number of likely N-dealkylation sites (N-methyl/N-ethyl adjacent to an activating group) is 1. The van der Waals surface area contributed by atoms with Gasteiger partial charge in [-0.25, -0.2) is 0 Å². The average Bonchev–Trinajstić information content (AvgIpc) is 2.46. The van der Waals surface area contributed by atoms with E-state index in [-0.39, 0.29) is 0 Å². The molecule has 1 aliphatic heterocycles. The minimum atomic E-state index is 0.566. The predicted molar refractivity (Wildman–Crippen MR) is 96.5 cm³/mol. The Morgan fingerprint density at radius 1 is 1.05 bits per heavy atom. The highest BCUT2D eigenvalue weighted by Gasteiger charge is 2.24. The summed E-state index contributed by atoms with van der Waals surface area (Å²) in [4.78, 5) is 9.71. The molecule has 22 heavy (non-hydrogen) atoms. The van der Waals surface area contributed by atoms with Crippen LogP contribution in [-0.2, 0) is 0 Å². The number of rotatable bonds is 7. The van der Waals surface area contributed by atoms with Crippen molar-refractivity contribution in [2.75, 3.05) is 52.9 Å². The normalized spacial score (nSPS) is 19.7. The lowest BCUT2D eigenvalue weighted by Crippen LogP contribution is -2.55. The third-order valence-electron chi connectivity index (χ3n) is 4.21. The van der Waals surface area contributed by atoms with Gasteiger partial charge >= 0.3 is 0 Å². The van der Waals surface area contributed by atoms with Gasteiger partial charge in [0.25, 0.3) is 0 Å². The van der Waals surface area contributed by atoms with Gasteiger partial charge in [-0.15, -0.1) is 0 Å². The Bertz CT molecular complexity index is 319. The van der Waals surface area contributed by atoms with Gasteiger partial charge in [0.1, 0.15) is 0 Å². The number of nitrogens with zero attached hydrogens (tertiary/aromatic N) is 3. The lowest BCUT2D eigenvalue weighted by Gasteiger charge is -2.40. The van der Waals surface area contributed by atoms with Crippen LogP contribution in [0.5, 0.6) is 0 Å². The first-order chi connectivity index (χ1) is 10.4. The van der Waals surface area contributed by atoms with Gasteiger partial charge in [-0.1, -0.05) is 27.7 Å². The van der Waals surface area contributed by atoms with Crippen molar-refractivity contribution < 1.29 is 0 Å². The molecule has 1 rings (SSSR count). The highest BCUT2D eigenvalue weighted by molar-refractivity contribution is 5.79. The number of nitrogens with one attached hydrogen (secondary N) is 2. The molecule has 1 aliphatic rings. The summed E-state index contributed by atoms with van der Waals surface area (Å²) in [7, 11) is 2.21. The van der Waals surface area contributed by atoms with E-state index in [0.29, 0.717) is 17.9 Å². The zero-order valence-electron chi connectivity index (χ0n) is 15.5. The summed E-state index contributed by atoms with van der Waals surface area (Å²) >= 11 is 0. The third-order valence-corrected chi connectivity index (χ3v) is 4.21. The Morgan fingerprint density at radius 2 is 1.68 bits per heavy atom. The average molecular weight is 312 g/mol. The van der Waals surface area contributed by atoms with Crippen molar-refractivity contribution in [3.63, 3.8) is 0 Å². The molecule has 1 heterocycles.